The van der Waals surface area contributed by atoms with E-state index in [0.29, 0.717) is 12.8 Å². The number of non-ortho nitro benzene ring substituents is 1. The predicted molar refractivity (Wildman–Crippen MR) is 71.5 cm³/mol. The molecule has 114 valence electrons. The molecule has 0 aliphatic carbocycles. The molecule has 21 heavy (non-hydrogen) atoms. The molecular formula is C13H15FN2O5. The topological polar surface area (TPSA) is 110 Å². The van der Waals surface area contributed by atoms with E-state index in [1.165, 1.54) is 0 Å². The van der Waals surface area contributed by atoms with Gasteiger partial charge in [0.25, 0.3) is 11.6 Å². The minimum absolute atomic E-state index is 0.296. The van der Waals surface area contributed by atoms with Crippen LogP contribution in [0.5, 0.6) is 0 Å². The van der Waals surface area contributed by atoms with Crippen molar-refractivity contribution in [2.75, 3.05) is 0 Å². The lowest BCUT2D eigenvalue weighted by atomic mass is 10.1. The first-order chi connectivity index (χ1) is 9.85. The molecule has 0 saturated heterocycles. The Bertz CT molecular complexity index is 561. The number of carboxylic acid groups (broad SMARTS) is 1. The van der Waals surface area contributed by atoms with E-state index in [1.54, 1.807) is 0 Å². The quantitative estimate of drug-likeness (QED) is 0.591. The zero-order valence-corrected chi connectivity index (χ0v) is 11.3. The standard InChI is InChI=1S/C13H15FN2O5/c1-2-3-8(6-12(17)18)15-13(19)10-7-9(16(20)21)4-5-11(10)14/h4-5,7-8H,2-3,6H2,1H3,(H,15,19)(H,17,18). The van der Waals surface area contributed by atoms with Crippen LogP contribution >= 0.6 is 0 Å². The summed E-state index contributed by atoms with van der Waals surface area (Å²) >= 11 is 0. The number of carbonyl (C=O) groups is 2. The van der Waals surface area contributed by atoms with E-state index >= 15 is 0 Å². The molecule has 1 atom stereocenters. The van der Waals surface area contributed by atoms with E-state index < -0.39 is 39.9 Å². The second-order valence-corrected chi connectivity index (χ2v) is 4.48. The summed E-state index contributed by atoms with van der Waals surface area (Å²) < 4.78 is 13.6. The summed E-state index contributed by atoms with van der Waals surface area (Å²) in [4.78, 5) is 32.5. The van der Waals surface area contributed by atoms with E-state index in [-0.39, 0.29) is 6.42 Å². The second-order valence-electron chi connectivity index (χ2n) is 4.48. The number of benzene rings is 1. The van der Waals surface area contributed by atoms with Crippen molar-refractivity contribution in [2.24, 2.45) is 0 Å². The van der Waals surface area contributed by atoms with Gasteiger partial charge in [-0.2, -0.15) is 0 Å². The highest BCUT2D eigenvalue weighted by molar-refractivity contribution is 5.95. The van der Waals surface area contributed by atoms with Gasteiger partial charge in [-0.3, -0.25) is 19.7 Å². The van der Waals surface area contributed by atoms with Crippen molar-refractivity contribution in [1.29, 1.82) is 0 Å². The molecule has 7 nitrogen and oxygen atoms in total. The molecule has 0 aliphatic rings. The maximum absolute atomic E-state index is 13.6. The van der Waals surface area contributed by atoms with E-state index in [9.17, 15) is 24.1 Å². The van der Waals surface area contributed by atoms with Crippen LogP contribution in [0.15, 0.2) is 18.2 Å². The van der Waals surface area contributed by atoms with Crippen LogP contribution in [-0.2, 0) is 4.79 Å². The molecule has 0 radical (unpaired) electrons. The van der Waals surface area contributed by atoms with Crippen molar-refractivity contribution < 1.29 is 24.0 Å². The summed E-state index contributed by atoms with van der Waals surface area (Å²) in [7, 11) is 0. The molecule has 0 saturated carbocycles. The SMILES string of the molecule is CCCC(CC(=O)O)NC(=O)c1cc([N+](=O)[O-])ccc1F. The van der Waals surface area contributed by atoms with Gasteiger partial charge in [-0.15, -0.1) is 0 Å². The Hall–Kier alpha value is -2.51. The number of carbonyl (C=O) groups excluding carboxylic acids is 1. The number of nitro benzene ring substituents is 1. The zero-order chi connectivity index (χ0) is 16.0. The Morgan fingerprint density at radius 3 is 2.67 bits per heavy atom. The number of aliphatic carboxylic acids is 1. The van der Waals surface area contributed by atoms with Crippen molar-refractivity contribution in [3.63, 3.8) is 0 Å². The van der Waals surface area contributed by atoms with Crippen LogP contribution in [0, 0.1) is 15.9 Å². The molecule has 0 aliphatic heterocycles. The molecule has 1 unspecified atom stereocenters. The fourth-order valence-corrected chi connectivity index (χ4v) is 1.85. The van der Waals surface area contributed by atoms with E-state index in [2.05, 4.69) is 5.32 Å². The van der Waals surface area contributed by atoms with Crippen LogP contribution < -0.4 is 5.32 Å². The molecular weight excluding hydrogens is 283 g/mol. The molecule has 1 amide bonds. The van der Waals surface area contributed by atoms with Gasteiger partial charge < -0.3 is 10.4 Å². The van der Waals surface area contributed by atoms with Gasteiger partial charge >= 0.3 is 5.97 Å². The molecule has 0 bridgehead atoms. The summed E-state index contributed by atoms with van der Waals surface area (Å²) in [6, 6.07) is 1.96. The largest absolute Gasteiger partial charge is 0.481 e. The van der Waals surface area contributed by atoms with E-state index in [4.69, 9.17) is 5.11 Å². The highest BCUT2D eigenvalue weighted by atomic mass is 19.1. The fraction of sp³-hybridized carbons (Fsp3) is 0.385. The number of nitro groups is 1. The van der Waals surface area contributed by atoms with Gasteiger partial charge in [0, 0.05) is 18.2 Å². The number of nitrogens with one attached hydrogen (secondary N) is 1. The monoisotopic (exact) mass is 298 g/mol. The van der Waals surface area contributed by atoms with Gasteiger partial charge in [0.05, 0.1) is 16.9 Å². The first-order valence-corrected chi connectivity index (χ1v) is 6.31. The summed E-state index contributed by atoms with van der Waals surface area (Å²) in [5.74, 6) is -2.85. The maximum atomic E-state index is 13.6. The number of hydrogen-bond acceptors (Lipinski definition) is 4. The zero-order valence-electron chi connectivity index (χ0n) is 11.3. The van der Waals surface area contributed by atoms with Crippen LogP contribution in [0.25, 0.3) is 0 Å². The molecule has 8 heteroatoms. The summed E-state index contributed by atoms with van der Waals surface area (Å²) in [5.41, 5.74) is -0.887. The Morgan fingerprint density at radius 1 is 1.48 bits per heavy atom. The third kappa shape index (κ3) is 4.83. The Labute approximate surface area is 119 Å². The molecule has 0 fully saturated rings. The second kappa shape index (κ2) is 7.32. The van der Waals surface area contributed by atoms with Crippen molar-refractivity contribution in [1.82, 2.24) is 5.32 Å². The van der Waals surface area contributed by atoms with Gasteiger partial charge in [0.15, 0.2) is 0 Å². The van der Waals surface area contributed by atoms with Gasteiger partial charge in [0.1, 0.15) is 5.82 Å². The lowest BCUT2D eigenvalue weighted by Gasteiger charge is -2.16. The number of hydrogen-bond donors (Lipinski definition) is 2. The summed E-state index contributed by atoms with van der Waals surface area (Å²) in [6.07, 6.45) is 0.750. The Kier molecular flexibility index (Phi) is 5.77. The molecule has 1 rings (SSSR count). The maximum Gasteiger partial charge on any atom is 0.305 e. The Morgan fingerprint density at radius 2 is 2.14 bits per heavy atom. The Balaban J connectivity index is 2.93. The van der Waals surface area contributed by atoms with Gasteiger partial charge in [-0.25, -0.2) is 4.39 Å². The first kappa shape index (κ1) is 16.5. The average molecular weight is 298 g/mol. The molecule has 1 aromatic rings. The van der Waals surface area contributed by atoms with Crippen LogP contribution in [0.4, 0.5) is 10.1 Å². The minimum atomic E-state index is -1.09. The van der Waals surface area contributed by atoms with Crippen molar-refractivity contribution in [3.8, 4) is 0 Å². The molecule has 2 N–H and O–H groups in total. The fourth-order valence-electron chi connectivity index (χ4n) is 1.85. The molecule has 0 aromatic heterocycles. The van der Waals surface area contributed by atoms with Crippen molar-refractivity contribution in [2.45, 2.75) is 32.2 Å². The smallest absolute Gasteiger partial charge is 0.305 e. The minimum Gasteiger partial charge on any atom is -0.481 e. The third-order valence-electron chi connectivity index (χ3n) is 2.80. The van der Waals surface area contributed by atoms with Crippen molar-refractivity contribution >= 4 is 17.6 Å². The number of halogens is 1. The highest BCUT2D eigenvalue weighted by Crippen LogP contribution is 2.17. The normalized spacial score (nSPS) is 11.7. The van der Waals surface area contributed by atoms with Crippen LogP contribution in [0.1, 0.15) is 36.5 Å². The molecule has 1 aromatic carbocycles. The van der Waals surface area contributed by atoms with Crippen molar-refractivity contribution in [3.05, 3.63) is 39.7 Å². The van der Waals surface area contributed by atoms with Gasteiger partial charge in [-0.1, -0.05) is 13.3 Å². The average Bonchev–Trinajstić information content (AvgIpc) is 2.38. The first-order valence-electron chi connectivity index (χ1n) is 6.31. The summed E-state index contributed by atoms with van der Waals surface area (Å²) in [5, 5.41) is 21.8. The van der Waals surface area contributed by atoms with Gasteiger partial charge in [-0.05, 0) is 12.5 Å². The number of rotatable bonds is 7. The van der Waals surface area contributed by atoms with Gasteiger partial charge in [0.2, 0.25) is 0 Å². The summed E-state index contributed by atoms with van der Waals surface area (Å²) in [6.45, 7) is 1.81. The lowest BCUT2D eigenvalue weighted by Crippen LogP contribution is -2.36. The van der Waals surface area contributed by atoms with Crippen LogP contribution in [-0.4, -0.2) is 27.9 Å². The predicted octanol–water partition coefficient (Wildman–Crippen LogP) is 2.11. The highest BCUT2D eigenvalue weighted by Gasteiger charge is 2.20. The van der Waals surface area contributed by atoms with E-state index in [0.717, 1.165) is 18.2 Å². The number of amides is 1. The van der Waals surface area contributed by atoms with Crippen LogP contribution in [0.3, 0.4) is 0 Å². The van der Waals surface area contributed by atoms with E-state index in [1.807, 2.05) is 6.92 Å². The third-order valence-corrected chi connectivity index (χ3v) is 2.80. The van der Waals surface area contributed by atoms with Crippen LogP contribution in [0.2, 0.25) is 0 Å². The number of carboxylic acids is 1. The molecule has 0 heterocycles. The molecule has 0 spiro atoms. The lowest BCUT2D eigenvalue weighted by molar-refractivity contribution is -0.384. The number of nitrogens with zero attached hydrogens (tertiary/aromatic N) is 1.